The first kappa shape index (κ1) is 15.8. The van der Waals surface area contributed by atoms with Crippen molar-refractivity contribution in [3.05, 3.63) is 42.5 Å². The van der Waals surface area contributed by atoms with Gasteiger partial charge in [0.15, 0.2) is 0 Å². The molecule has 0 amide bonds. The maximum atomic E-state index is 10.0. The fraction of sp³-hybridized carbons (Fsp3) is 0.412. The number of hydrogen-bond acceptors (Lipinski definition) is 4. The van der Waals surface area contributed by atoms with Crippen molar-refractivity contribution in [3.8, 4) is 5.75 Å². The maximum Gasteiger partial charge on any atom is 0.120 e. The molecule has 0 aliphatic heterocycles. The summed E-state index contributed by atoms with van der Waals surface area (Å²) in [4.78, 5) is 1.99. The summed E-state index contributed by atoms with van der Waals surface area (Å²) >= 11 is 0. The average molecular weight is 289 g/mol. The normalized spacial score (nSPS) is 12.8. The average Bonchev–Trinajstić information content (AvgIpc) is 2.52. The van der Waals surface area contributed by atoms with E-state index >= 15 is 0 Å². The Hall–Kier alpha value is -1.62. The fourth-order valence-electron chi connectivity index (χ4n) is 2.32. The molecule has 114 valence electrons. The van der Waals surface area contributed by atoms with E-state index in [0.717, 1.165) is 17.7 Å². The van der Waals surface area contributed by atoms with Crippen LogP contribution in [0.4, 0.5) is 0 Å². The summed E-state index contributed by atoms with van der Waals surface area (Å²) in [5, 5.41) is 21.2. The second kappa shape index (κ2) is 7.98. The van der Waals surface area contributed by atoms with Gasteiger partial charge in [0.25, 0.3) is 0 Å². The summed E-state index contributed by atoms with van der Waals surface area (Å²) in [5.41, 5.74) is 0. The Morgan fingerprint density at radius 3 is 2.62 bits per heavy atom. The Bertz CT molecular complexity index is 558. The predicted molar refractivity (Wildman–Crippen MR) is 84.6 cm³/mol. The molecule has 0 fully saturated rings. The van der Waals surface area contributed by atoms with E-state index < -0.39 is 6.10 Å². The van der Waals surface area contributed by atoms with Gasteiger partial charge in [-0.15, -0.1) is 0 Å². The minimum absolute atomic E-state index is 0.103. The third kappa shape index (κ3) is 4.70. The predicted octanol–water partition coefficient (Wildman–Crippen LogP) is 1.89. The van der Waals surface area contributed by atoms with Crippen molar-refractivity contribution in [2.75, 3.05) is 32.8 Å². The van der Waals surface area contributed by atoms with Gasteiger partial charge in [-0.3, -0.25) is 4.90 Å². The lowest BCUT2D eigenvalue weighted by Crippen LogP contribution is -2.37. The number of rotatable bonds is 8. The second-order valence-corrected chi connectivity index (χ2v) is 5.09. The summed E-state index contributed by atoms with van der Waals surface area (Å²) < 4.78 is 5.66. The molecule has 1 atom stereocenters. The molecule has 0 spiro atoms. The van der Waals surface area contributed by atoms with Gasteiger partial charge in [-0.05, 0) is 29.4 Å². The van der Waals surface area contributed by atoms with Gasteiger partial charge in [0.05, 0.1) is 6.61 Å². The van der Waals surface area contributed by atoms with Gasteiger partial charge in [0.1, 0.15) is 18.5 Å². The van der Waals surface area contributed by atoms with E-state index in [-0.39, 0.29) is 13.2 Å². The minimum Gasteiger partial charge on any atom is -0.491 e. The summed E-state index contributed by atoms with van der Waals surface area (Å²) in [7, 11) is 0. The molecule has 0 heterocycles. The van der Waals surface area contributed by atoms with Crippen LogP contribution < -0.4 is 4.74 Å². The Morgan fingerprint density at radius 2 is 1.90 bits per heavy atom. The first-order chi connectivity index (χ1) is 10.2. The molecular formula is C17H23NO3. The molecule has 1 unspecified atom stereocenters. The van der Waals surface area contributed by atoms with Crippen molar-refractivity contribution in [1.82, 2.24) is 4.90 Å². The van der Waals surface area contributed by atoms with E-state index in [1.165, 1.54) is 5.39 Å². The molecule has 4 heteroatoms. The Morgan fingerprint density at radius 1 is 1.14 bits per heavy atom. The summed E-state index contributed by atoms with van der Waals surface area (Å²) in [6.07, 6.45) is -0.567. The van der Waals surface area contributed by atoms with Crippen LogP contribution in [0.3, 0.4) is 0 Å². The molecule has 0 aromatic heterocycles. The zero-order chi connectivity index (χ0) is 15.1. The first-order valence-corrected chi connectivity index (χ1v) is 7.35. The molecule has 0 saturated heterocycles. The van der Waals surface area contributed by atoms with Crippen LogP contribution in [0.2, 0.25) is 0 Å². The lowest BCUT2D eigenvalue weighted by molar-refractivity contribution is 0.0638. The van der Waals surface area contributed by atoms with E-state index in [0.29, 0.717) is 13.1 Å². The van der Waals surface area contributed by atoms with Crippen molar-refractivity contribution < 1.29 is 14.9 Å². The molecule has 0 aliphatic rings. The highest BCUT2D eigenvalue weighted by Crippen LogP contribution is 2.20. The molecule has 2 rings (SSSR count). The minimum atomic E-state index is -0.567. The zero-order valence-corrected chi connectivity index (χ0v) is 12.4. The summed E-state index contributed by atoms with van der Waals surface area (Å²) in [6, 6.07) is 14.0. The summed E-state index contributed by atoms with van der Waals surface area (Å²) in [6.45, 7) is 4.24. The number of likely N-dealkylation sites (N-methyl/N-ethyl adjacent to an activating group) is 1. The van der Waals surface area contributed by atoms with Crippen LogP contribution >= 0.6 is 0 Å². The third-order valence-electron chi connectivity index (χ3n) is 3.50. The molecule has 2 aromatic carbocycles. The van der Waals surface area contributed by atoms with E-state index in [1.54, 1.807) is 0 Å². The van der Waals surface area contributed by atoms with Gasteiger partial charge < -0.3 is 14.9 Å². The molecule has 0 saturated carbocycles. The van der Waals surface area contributed by atoms with E-state index in [1.807, 2.05) is 48.2 Å². The van der Waals surface area contributed by atoms with Crippen molar-refractivity contribution >= 4 is 10.8 Å². The van der Waals surface area contributed by atoms with Gasteiger partial charge in [-0.25, -0.2) is 0 Å². The Balaban J connectivity index is 1.88. The highest BCUT2D eigenvalue weighted by Gasteiger charge is 2.10. The summed E-state index contributed by atoms with van der Waals surface area (Å²) in [5.74, 6) is 0.762. The van der Waals surface area contributed by atoms with Gasteiger partial charge in [0.2, 0.25) is 0 Å². The highest BCUT2D eigenvalue weighted by atomic mass is 16.5. The molecule has 2 N–H and O–H groups in total. The SMILES string of the molecule is CCN(CCO)CC(O)COc1ccc2ccccc2c1. The Kier molecular flexibility index (Phi) is 5.99. The molecule has 21 heavy (non-hydrogen) atoms. The van der Waals surface area contributed by atoms with Crippen LogP contribution in [0.5, 0.6) is 5.75 Å². The van der Waals surface area contributed by atoms with Crippen molar-refractivity contribution in [3.63, 3.8) is 0 Å². The van der Waals surface area contributed by atoms with Crippen LogP contribution in [0.1, 0.15) is 6.92 Å². The molecule has 2 aromatic rings. The maximum absolute atomic E-state index is 10.0. The monoisotopic (exact) mass is 289 g/mol. The molecule has 4 nitrogen and oxygen atoms in total. The molecule has 0 bridgehead atoms. The van der Waals surface area contributed by atoms with Crippen molar-refractivity contribution in [1.29, 1.82) is 0 Å². The van der Waals surface area contributed by atoms with Crippen molar-refractivity contribution in [2.24, 2.45) is 0 Å². The van der Waals surface area contributed by atoms with Crippen LogP contribution in [0.25, 0.3) is 10.8 Å². The smallest absolute Gasteiger partial charge is 0.120 e. The van der Waals surface area contributed by atoms with Crippen molar-refractivity contribution in [2.45, 2.75) is 13.0 Å². The van der Waals surface area contributed by atoms with E-state index in [4.69, 9.17) is 9.84 Å². The van der Waals surface area contributed by atoms with E-state index in [9.17, 15) is 5.11 Å². The topological polar surface area (TPSA) is 52.9 Å². The number of nitrogens with zero attached hydrogens (tertiary/aromatic N) is 1. The third-order valence-corrected chi connectivity index (χ3v) is 3.50. The van der Waals surface area contributed by atoms with Crippen LogP contribution in [0.15, 0.2) is 42.5 Å². The quantitative estimate of drug-likeness (QED) is 0.779. The fourth-order valence-corrected chi connectivity index (χ4v) is 2.32. The lowest BCUT2D eigenvalue weighted by Gasteiger charge is -2.22. The van der Waals surface area contributed by atoms with E-state index in [2.05, 4.69) is 6.07 Å². The lowest BCUT2D eigenvalue weighted by atomic mass is 10.1. The number of aliphatic hydroxyl groups is 2. The first-order valence-electron chi connectivity index (χ1n) is 7.35. The molecule has 0 radical (unpaired) electrons. The van der Waals surface area contributed by atoms with Gasteiger partial charge in [-0.2, -0.15) is 0 Å². The second-order valence-electron chi connectivity index (χ2n) is 5.09. The van der Waals surface area contributed by atoms with Gasteiger partial charge in [-0.1, -0.05) is 37.3 Å². The number of ether oxygens (including phenoxy) is 1. The van der Waals surface area contributed by atoms with Gasteiger partial charge >= 0.3 is 0 Å². The largest absolute Gasteiger partial charge is 0.491 e. The van der Waals surface area contributed by atoms with Crippen LogP contribution in [0, 0.1) is 0 Å². The number of fused-ring (bicyclic) bond motifs is 1. The number of aliphatic hydroxyl groups excluding tert-OH is 2. The van der Waals surface area contributed by atoms with Gasteiger partial charge in [0, 0.05) is 13.1 Å². The standard InChI is InChI=1S/C17H23NO3/c1-2-18(9-10-19)12-16(20)13-21-17-8-7-14-5-3-4-6-15(14)11-17/h3-8,11,16,19-20H,2,9-10,12-13H2,1H3. The zero-order valence-electron chi connectivity index (χ0n) is 12.4. The molecule has 0 aliphatic carbocycles. The number of hydrogen-bond donors (Lipinski definition) is 2. The molecular weight excluding hydrogens is 266 g/mol. The van der Waals surface area contributed by atoms with Crippen LogP contribution in [-0.4, -0.2) is 54.1 Å². The van der Waals surface area contributed by atoms with Crippen LogP contribution in [-0.2, 0) is 0 Å². The number of benzene rings is 2. The Labute approximate surface area is 125 Å². The highest BCUT2D eigenvalue weighted by molar-refractivity contribution is 5.83.